The number of carbonyl (C=O) groups excluding carboxylic acids is 1. The zero-order valence-corrected chi connectivity index (χ0v) is 14.9. The molecule has 5 heteroatoms. The molecule has 1 atom stereocenters. The number of nitrogens with one attached hydrogen (secondary N) is 1. The summed E-state index contributed by atoms with van der Waals surface area (Å²) in [5, 5.41) is 3.11. The van der Waals surface area contributed by atoms with Gasteiger partial charge in [-0.2, -0.15) is 0 Å². The van der Waals surface area contributed by atoms with Crippen LogP contribution in [-0.2, 0) is 16.0 Å². The van der Waals surface area contributed by atoms with Crippen molar-refractivity contribution in [1.82, 2.24) is 10.2 Å². The maximum Gasteiger partial charge on any atom is 0.237 e. The van der Waals surface area contributed by atoms with Crippen LogP contribution in [0, 0.1) is 0 Å². The van der Waals surface area contributed by atoms with Crippen molar-refractivity contribution in [1.29, 1.82) is 0 Å². The molecule has 1 aliphatic rings. The van der Waals surface area contributed by atoms with Gasteiger partial charge in [0.2, 0.25) is 5.91 Å². The van der Waals surface area contributed by atoms with Crippen LogP contribution >= 0.6 is 0 Å². The zero-order valence-electron chi connectivity index (χ0n) is 14.9. The van der Waals surface area contributed by atoms with Gasteiger partial charge in [-0.3, -0.25) is 4.79 Å². The molecule has 0 saturated carbocycles. The highest BCUT2D eigenvalue weighted by Crippen LogP contribution is 2.11. The number of hydrogen-bond donors (Lipinski definition) is 2. The molecule has 24 heavy (non-hydrogen) atoms. The van der Waals surface area contributed by atoms with E-state index in [1.165, 1.54) is 0 Å². The number of likely N-dealkylation sites (tertiary alicyclic amines) is 1. The lowest BCUT2D eigenvalue weighted by atomic mass is 10.0. The fourth-order valence-electron chi connectivity index (χ4n) is 2.99. The van der Waals surface area contributed by atoms with Crippen molar-refractivity contribution in [2.24, 2.45) is 5.73 Å². The normalized spacial score (nSPS) is 17.8. The molecular weight excluding hydrogens is 302 g/mol. The van der Waals surface area contributed by atoms with E-state index in [1.807, 2.05) is 30.3 Å². The Labute approximate surface area is 145 Å². The van der Waals surface area contributed by atoms with E-state index in [0.29, 0.717) is 6.42 Å². The molecule has 134 valence electrons. The van der Waals surface area contributed by atoms with Gasteiger partial charge in [0.15, 0.2) is 0 Å². The van der Waals surface area contributed by atoms with Crippen LogP contribution in [0.5, 0.6) is 0 Å². The molecule has 3 N–H and O–H groups in total. The molecular formula is C19H31N3O2. The van der Waals surface area contributed by atoms with E-state index in [0.717, 1.165) is 44.6 Å². The molecule has 0 bridgehead atoms. The number of carbonyl (C=O) groups is 1. The Morgan fingerprint density at radius 1 is 1.29 bits per heavy atom. The lowest BCUT2D eigenvalue weighted by Gasteiger charge is -2.32. The highest BCUT2D eigenvalue weighted by Gasteiger charge is 2.23. The topological polar surface area (TPSA) is 67.6 Å². The number of hydrogen-bond acceptors (Lipinski definition) is 4. The predicted molar refractivity (Wildman–Crippen MR) is 96.8 cm³/mol. The largest absolute Gasteiger partial charge is 0.377 e. The third kappa shape index (κ3) is 6.59. The van der Waals surface area contributed by atoms with E-state index < -0.39 is 6.04 Å². The Balaban J connectivity index is 1.66. The second-order valence-electron chi connectivity index (χ2n) is 6.84. The van der Waals surface area contributed by atoms with Crippen LogP contribution in [0.25, 0.3) is 0 Å². The summed E-state index contributed by atoms with van der Waals surface area (Å²) in [7, 11) is 0. The smallest absolute Gasteiger partial charge is 0.237 e. The van der Waals surface area contributed by atoms with Crippen LogP contribution in [0.2, 0.25) is 0 Å². The Morgan fingerprint density at radius 3 is 2.58 bits per heavy atom. The predicted octanol–water partition coefficient (Wildman–Crippen LogP) is 1.56. The zero-order chi connectivity index (χ0) is 17.4. The quantitative estimate of drug-likeness (QED) is 0.758. The first-order chi connectivity index (χ1) is 11.5. The monoisotopic (exact) mass is 333 g/mol. The van der Waals surface area contributed by atoms with Crippen molar-refractivity contribution in [3.63, 3.8) is 0 Å². The standard InChI is InChI=1S/C19H31N3O2/c1-15(2)24-13-12-22-10-8-17(9-11-22)21-19(23)18(20)14-16-6-4-3-5-7-16/h3-7,15,17-18H,8-14,20H2,1-2H3,(H,21,23). The number of benzene rings is 1. The molecule has 1 unspecified atom stereocenters. The van der Waals surface area contributed by atoms with E-state index in [1.54, 1.807) is 0 Å². The second-order valence-corrected chi connectivity index (χ2v) is 6.84. The van der Waals surface area contributed by atoms with Crippen molar-refractivity contribution >= 4 is 5.91 Å². The fraction of sp³-hybridized carbons (Fsp3) is 0.632. The summed E-state index contributed by atoms with van der Waals surface area (Å²) >= 11 is 0. The van der Waals surface area contributed by atoms with Gasteiger partial charge in [0.25, 0.3) is 0 Å². The maximum absolute atomic E-state index is 12.3. The van der Waals surface area contributed by atoms with Crippen LogP contribution in [0.3, 0.4) is 0 Å². The minimum Gasteiger partial charge on any atom is -0.377 e. The molecule has 0 radical (unpaired) electrons. The number of amides is 1. The first-order valence-electron chi connectivity index (χ1n) is 8.98. The third-order valence-electron chi connectivity index (χ3n) is 4.43. The Kier molecular flexibility index (Phi) is 7.69. The number of rotatable bonds is 8. The molecule has 1 heterocycles. The molecule has 1 aromatic carbocycles. The number of ether oxygens (including phenoxy) is 1. The molecule has 1 aromatic rings. The van der Waals surface area contributed by atoms with Crippen LogP contribution in [0.1, 0.15) is 32.3 Å². The van der Waals surface area contributed by atoms with E-state index in [-0.39, 0.29) is 18.1 Å². The van der Waals surface area contributed by atoms with Crippen LogP contribution in [0.4, 0.5) is 0 Å². The molecule has 1 fully saturated rings. The summed E-state index contributed by atoms with van der Waals surface area (Å²) in [6.45, 7) is 7.85. The van der Waals surface area contributed by atoms with Crippen molar-refractivity contribution < 1.29 is 9.53 Å². The van der Waals surface area contributed by atoms with Gasteiger partial charge in [0.1, 0.15) is 0 Å². The highest BCUT2D eigenvalue weighted by atomic mass is 16.5. The first kappa shape index (κ1) is 18.9. The maximum atomic E-state index is 12.3. The number of nitrogens with two attached hydrogens (primary N) is 1. The summed E-state index contributed by atoms with van der Waals surface area (Å²) in [6.07, 6.45) is 2.82. The molecule has 2 rings (SSSR count). The number of piperidine rings is 1. The van der Waals surface area contributed by atoms with Gasteiger partial charge in [0.05, 0.1) is 18.8 Å². The Hall–Kier alpha value is -1.43. The minimum atomic E-state index is -0.482. The summed E-state index contributed by atoms with van der Waals surface area (Å²) in [5.41, 5.74) is 7.15. The molecule has 1 aliphatic heterocycles. The van der Waals surface area contributed by atoms with Gasteiger partial charge < -0.3 is 20.7 Å². The van der Waals surface area contributed by atoms with Crippen molar-refractivity contribution in [2.75, 3.05) is 26.2 Å². The first-order valence-corrected chi connectivity index (χ1v) is 8.98. The summed E-state index contributed by atoms with van der Waals surface area (Å²) in [4.78, 5) is 14.7. The van der Waals surface area contributed by atoms with Gasteiger partial charge in [-0.05, 0) is 38.7 Å². The van der Waals surface area contributed by atoms with Crippen LogP contribution < -0.4 is 11.1 Å². The highest BCUT2D eigenvalue weighted by molar-refractivity contribution is 5.82. The summed E-state index contributed by atoms with van der Waals surface area (Å²) in [6, 6.07) is 9.67. The van der Waals surface area contributed by atoms with Crippen LogP contribution in [0.15, 0.2) is 30.3 Å². The van der Waals surface area contributed by atoms with E-state index in [2.05, 4.69) is 24.1 Å². The summed E-state index contributed by atoms with van der Waals surface area (Å²) < 4.78 is 5.60. The van der Waals surface area contributed by atoms with Crippen molar-refractivity contribution in [2.45, 2.75) is 51.3 Å². The van der Waals surface area contributed by atoms with E-state index in [9.17, 15) is 4.79 Å². The molecule has 0 aromatic heterocycles. The Morgan fingerprint density at radius 2 is 1.96 bits per heavy atom. The van der Waals surface area contributed by atoms with E-state index in [4.69, 9.17) is 10.5 Å². The van der Waals surface area contributed by atoms with Crippen molar-refractivity contribution in [3.8, 4) is 0 Å². The molecule has 0 spiro atoms. The number of nitrogens with zero attached hydrogens (tertiary/aromatic N) is 1. The summed E-state index contributed by atoms with van der Waals surface area (Å²) in [5.74, 6) is -0.0413. The lowest BCUT2D eigenvalue weighted by Crippen LogP contribution is -2.50. The third-order valence-corrected chi connectivity index (χ3v) is 4.43. The second kappa shape index (κ2) is 9.77. The van der Waals surface area contributed by atoms with Gasteiger partial charge in [-0.15, -0.1) is 0 Å². The van der Waals surface area contributed by atoms with Gasteiger partial charge >= 0.3 is 0 Å². The Bertz CT molecular complexity index is 485. The van der Waals surface area contributed by atoms with E-state index >= 15 is 0 Å². The lowest BCUT2D eigenvalue weighted by molar-refractivity contribution is -0.123. The van der Waals surface area contributed by atoms with Gasteiger partial charge in [-0.1, -0.05) is 30.3 Å². The SMILES string of the molecule is CC(C)OCCN1CCC(NC(=O)C(N)Cc2ccccc2)CC1. The average molecular weight is 333 g/mol. The van der Waals surface area contributed by atoms with Gasteiger partial charge in [0, 0.05) is 25.7 Å². The van der Waals surface area contributed by atoms with Gasteiger partial charge in [-0.25, -0.2) is 0 Å². The van der Waals surface area contributed by atoms with Crippen LogP contribution in [-0.4, -0.2) is 55.2 Å². The molecule has 1 amide bonds. The minimum absolute atomic E-state index is 0.0413. The average Bonchev–Trinajstić information content (AvgIpc) is 2.57. The molecule has 1 saturated heterocycles. The molecule has 0 aliphatic carbocycles. The molecule has 5 nitrogen and oxygen atoms in total. The van der Waals surface area contributed by atoms with Crippen molar-refractivity contribution in [3.05, 3.63) is 35.9 Å². The fourth-order valence-corrected chi connectivity index (χ4v) is 2.99.